The van der Waals surface area contributed by atoms with E-state index < -0.39 is 54.0 Å². The van der Waals surface area contributed by atoms with E-state index in [2.05, 4.69) is 31.9 Å². The maximum Gasteiger partial charge on any atom is 0.335 e. The minimum Gasteiger partial charge on any atom is -0.479 e. The van der Waals surface area contributed by atoms with Crippen molar-refractivity contribution in [1.29, 1.82) is 0 Å². The van der Waals surface area contributed by atoms with Gasteiger partial charge in [-0.15, -0.1) is 0 Å². The number of allylic oxidation sites excluding steroid dienone is 1. The van der Waals surface area contributed by atoms with Crippen molar-refractivity contribution < 1.29 is 44.6 Å². The van der Waals surface area contributed by atoms with Gasteiger partial charge in [-0.1, -0.05) is 13.0 Å². The fourth-order valence-corrected chi connectivity index (χ4v) is 3.55. The predicted octanol–water partition coefficient (Wildman–Crippen LogP) is -0.702. The van der Waals surface area contributed by atoms with Crippen LogP contribution in [0, 0.1) is 17.3 Å². The maximum atomic E-state index is 12.4. The van der Waals surface area contributed by atoms with Gasteiger partial charge in [0.15, 0.2) is 6.10 Å². The Kier molecular flexibility index (Phi) is 6.30. The number of aliphatic hydroxyl groups is 4. The monoisotopic (exact) mass is 488 g/mol. The van der Waals surface area contributed by atoms with Crippen molar-refractivity contribution in [3.05, 3.63) is 9.47 Å². The smallest absolute Gasteiger partial charge is 0.335 e. The predicted molar refractivity (Wildman–Crippen MR) is 88.5 cm³/mol. The molecule has 1 aliphatic carbocycles. The second-order valence-corrected chi connectivity index (χ2v) is 9.07. The molecule has 0 aromatic carbocycles. The number of hydrogen-bond acceptors (Lipinski definition) is 8. The molecule has 11 heteroatoms. The second-order valence-electron chi connectivity index (χ2n) is 6.30. The molecule has 0 bridgehead atoms. The van der Waals surface area contributed by atoms with Gasteiger partial charge in [0.05, 0.1) is 9.31 Å². The molecule has 2 aliphatic rings. The van der Waals surface area contributed by atoms with E-state index in [1.165, 1.54) is 0 Å². The molecule has 0 aromatic heterocycles. The number of carbonyl (C=O) groups excluding carboxylic acids is 1. The number of aliphatic carboxylic acids is 1. The molecule has 2 fully saturated rings. The van der Waals surface area contributed by atoms with Crippen LogP contribution in [0.15, 0.2) is 9.47 Å². The molecule has 0 amide bonds. The minimum absolute atomic E-state index is 0.297. The average molecular weight is 490 g/mol. The van der Waals surface area contributed by atoms with E-state index in [0.29, 0.717) is 3.39 Å². The number of carboxylic acids is 1. The van der Waals surface area contributed by atoms with Gasteiger partial charge in [0.1, 0.15) is 18.3 Å². The number of hydrogen-bond donors (Lipinski definition) is 5. The van der Waals surface area contributed by atoms with Crippen molar-refractivity contribution in [3.8, 4) is 0 Å². The summed E-state index contributed by atoms with van der Waals surface area (Å²) in [7, 11) is 0. The van der Waals surface area contributed by atoms with Gasteiger partial charge in [-0.25, -0.2) is 4.79 Å². The average Bonchev–Trinajstić information content (AvgIpc) is 3.11. The summed E-state index contributed by atoms with van der Waals surface area (Å²) in [4.78, 5) is 23.4. The Morgan fingerprint density at radius 3 is 2.28 bits per heavy atom. The molecule has 0 aromatic rings. The van der Waals surface area contributed by atoms with Crippen LogP contribution in [-0.2, 0) is 19.1 Å². The topological polar surface area (TPSA) is 154 Å². The van der Waals surface area contributed by atoms with E-state index in [1.807, 2.05) is 0 Å². The molecule has 142 valence electrons. The third-order valence-corrected chi connectivity index (χ3v) is 5.20. The Bertz CT molecular complexity index is 579. The van der Waals surface area contributed by atoms with Crippen LogP contribution in [0.5, 0.6) is 0 Å². The molecule has 1 heterocycles. The second kappa shape index (κ2) is 7.59. The highest BCUT2D eigenvalue weighted by atomic mass is 79.9. The molecule has 5 N–H and O–H groups in total. The highest BCUT2D eigenvalue weighted by Gasteiger charge is 2.65. The third kappa shape index (κ3) is 3.92. The molecule has 1 saturated carbocycles. The number of aliphatic hydroxyl groups excluding tert-OH is 4. The molecular formula is C14H18Br2O9. The Labute approximate surface area is 159 Å². The molecule has 1 saturated heterocycles. The number of carbonyl (C=O) groups is 2. The molecule has 25 heavy (non-hydrogen) atoms. The van der Waals surface area contributed by atoms with Gasteiger partial charge in [0.2, 0.25) is 6.29 Å². The van der Waals surface area contributed by atoms with Crippen LogP contribution < -0.4 is 0 Å². The molecule has 8 unspecified atom stereocenters. The van der Waals surface area contributed by atoms with E-state index >= 15 is 0 Å². The zero-order valence-corrected chi connectivity index (χ0v) is 16.1. The molecule has 2 rings (SSSR count). The van der Waals surface area contributed by atoms with Crippen LogP contribution >= 0.6 is 31.9 Å². The highest BCUT2D eigenvalue weighted by Crippen LogP contribution is 2.60. The summed E-state index contributed by atoms with van der Waals surface area (Å²) < 4.78 is 10.5. The van der Waals surface area contributed by atoms with Crippen molar-refractivity contribution >= 4 is 43.8 Å². The Balaban J connectivity index is 2.11. The summed E-state index contributed by atoms with van der Waals surface area (Å²) in [6.07, 6.45) is -7.49. The number of rotatable bonds is 5. The van der Waals surface area contributed by atoms with Crippen LogP contribution in [0.2, 0.25) is 0 Å². The summed E-state index contributed by atoms with van der Waals surface area (Å²) in [6.45, 7) is 1.37. The number of halogens is 2. The SMILES string of the molecule is CC1(CO)C(C=C(Br)Br)C1C(=O)OC1OC(C(=O)O)C(O)C(O)C1O. The van der Waals surface area contributed by atoms with Crippen LogP contribution in [0.4, 0.5) is 0 Å². The number of ether oxygens (including phenoxy) is 2. The van der Waals surface area contributed by atoms with Crippen LogP contribution in [0.3, 0.4) is 0 Å². The van der Waals surface area contributed by atoms with Crippen molar-refractivity contribution in [2.75, 3.05) is 6.61 Å². The quantitative estimate of drug-likeness (QED) is 0.315. The van der Waals surface area contributed by atoms with Crippen LogP contribution in [0.1, 0.15) is 6.92 Å². The van der Waals surface area contributed by atoms with E-state index in [-0.39, 0.29) is 12.5 Å². The van der Waals surface area contributed by atoms with Crippen molar-refractivity contribution in [2.24, 2.45) is 17.3 Å². The van der Waals surface area contributed by atoms with E-state index in [0.717, 1.165) is 0 Å². The van der Waals surface area contributed by atoms with Crippen molar-refractivity contribution in [3.63, 3.8) is 0 Å². The first kappa shape index (κ1) is 20.7. The third-order valence-electron chi connectivity index (χ3n) is 4.67. The van der Waals surface area contributed by atoms with Crippen molar-refractivity contribution in [2.45, 2.75) is 37.6 Å². The summed E-state index contributed by atoms with van der Waals surface area (Å²) in [5.41, 5.74) is -0.784. The molecule has 1 aliphatic heterocycles. The molecule has 9 nitrogen and oxygen atoms in total. The van der Waals surface area contributed by atoms with Gasteiger partial charge >= 0.3 is 11.9 Å². The Morgan fingerprint density at radius 2 is 1.80 bits per heavy atom. The lowest BCUT2D eigenvalue weighted by molar-refractivity contribution is -0.287. The molecular weight excluding hydrogens is 472 g/mol. The summed E-state index contributed by atoms with van der Waals surface area (Å²) in [5, 5.41) is 47.7. The zero-order chi connectivity index (χ0) is 19.1. The van der Waals surface area contributed by atoms with Gasteiger partial charge in [0, 0.05) is 17.9 Å². The Morgan fingerprint density at radius 1 is 1.20 bits per heavy atom. The summed E-state index contributed by atoms with van der Waals surface area (Å²) >= 11 is 6.34. The van der Waals surface area contributed by atoms with Gasteiger partial charge < -0.3 is 35.0 Å². The first-order valence-corrected chi connectivity index (χ1v) is 8.89. The zero-order valence-electron chi connectivity index (χ0n) is 13.0. The number of esters is 1. The van der Waals surface area contributed by atoms with E-state index in [9.17, 15) is 30.0 Å². The largest absolute Gasteiger partial charge is 0.479 e. The lowest BCUT2D eigenvalue weighted by atomic mass is 9.99. The van der Waals surface area contributed by atoms with Crippen molar-refractivity contribution in [1.82, 2.24) is 0 Å². The lowest BCUT2D eigenvalue weighted by Crippen LogP contribution is -2.60. The standard InChI is InChI=1S/C14H18Br2O9/c1-14(3-17)4(2-5(15)16)6(14)12(23)25-13-9(20)7(18)8(19)10(24-13)11(21)22/h2,4,6-10,13,17-20H,3H2,1H3,(H,21,22). The minimum atomic E-state index is -1.87. The van der Waals surface area contributed by atoms with Gasteiger partial charge in [-0.3, -0.25) is 4.79 Å². The summed E-state index contributed by atoms with van der Waals surface area (Å²) in [6, 6.07) is 0. The van der Waals surface area contributed by atoms with Gasteiger partial charge in [-0.2, -0.15) is 0 Å². The van der Waals surface area contributed by atoms with Gasteiger partial charge in [-0.05, 0) is 31.9 Å². The fraction of sp³-hybridized carbons (Fsp3) is 0.714. The van der Waals surface area contributed by atoms with Crippen LogP contribution in [-0.4, -0.2) is 74.8 Å². The van der Waals surface area contributed by atoms with Crippen LogP contribution in [0.25, 0.3) is 0 Å². The molecule has 8 atom stereocenters. The van der Waals surface area contributed by atoms with E-state index in [4.69, 9.17) is 14.6 Å². The number of carboxylic acid groups (broad SMARTS) is 1. The van der Waals surface area contributed by atoms with E-state index in [1.54, 1.807) is 13.0 Å². The highest BCUT2D eigenvalue weighted by molar-refractivity contribution is 9.28. The molecule has 0 radical (unpaired) electrons. The first-order chi connectivity index (χ1) is 11.5. The van der Waals surface area contributed by atoms with Gasteiger partial charge in [0.25, 0.3) is 0 Å². The summed E-state index contributed by atoms with van der Waals surface area (Å²) in [5.74, 6) is -3.50. The molecule has 0 spiro atoms. The normalized spacial score (nSPS) is 43.2. The fourth-order valence-electron chi connectivity index (χ4n) is 2.98. The maximum absolute atomic E-state index is 12.4. The lowest BCUT2D eigenvalue weighted by Gasteiger charge is -2.38. The first-order valence-electron chi connectivity index (χ1n) is 7.31. The Hall–Kier alpha value is -0.560.